The summed E-state index contributed by atoms with van der Waals surface area (Å²) >= 11 is 0. The number of aliphatic carboxylic acids is 3. The minimum Gasteiger partial charge on any atom is -0.481 e. The van der Waals surface area contributed by atoms with Crippen molar-refractivity contribution in [3.8, 4) is 0 Å². The van der Waals surface area contributed by atoms with Crippen LogP contribution in [0.1, 0.15) is 38.2 Å². The molecule has 0 radical (unpaired) electrons. The van der Waals surface area contributed by atoms with Crippen molar-refractivity contribution in [2.45, 2.75) is 44.7 Å². The van der Waals surface area contributed by atoms with E-state index in [4.69, 9.17) is 18.9 Å². The van der Waals surface area contributed by atoms with Crippen molar-refractivity contribution in [1.29, 1.82) is 0 Å². The largest absolute Gasteiger partial charge is 0.481 e. The zero-order valence-corrected chi connectivity index (χ0v) is 26.1. The van der Waals surface area contributed by atoms with Crippen molar-refractivity contribution in [2.75, 3.05) is 46.2 Å². The Balaban J connectivity index is 2.18. The van der Waals surface area contributed by atoms with E-state index in [1.54, 1.807) is 6.92 Å². The standard InChI is InChI=1S/C33H40N2O12/c1-2-14-47-32(43)34-31(42)35(19-27-25-9-5-3-7-23(25)18-24-8-4-6-10-26(24)27)33(20-44-15-11-28(36)37,21-45-16-12-29(38)39)22-46-17-13-30(40)41/h3-10,18H,2,11-17,19-22H2,1H3,(H,36,37)(H,38,39)(H,40,41)(H,34,42,43). The molecule has 0 unspecified atom stereocenters. The molecule has 14 heteroatoms. The average molecular weight is 657 g/mol. The van der Waals surface area contributed by atoms with Crippen molar-refractivity contribution < 1.29 is 58.2 Å². The van der Waals surface area contributed by atoms with Crippen LogP contribution in [0.5, 0.6) is 0 Å². The zero-order valence-electron chi connectivity index (χ0n) is 26.1. The molecule has 0 aliphatic rings. The summed E-state index contributed by atoms with van der Waals surface area (Å²) in [5, 5.41) is 33.2. The molecule has 3 aromatic carbocycles. The van der Waals surface area contributed by atoms with Gasteiger partial charge in [0, 0.05) is 6.54 Å². The minimum atomic E-state index is -1.62. The summed E-state index contributed by atoms with van der Waals surface area (Å²) in [6.45, 7) is -0.211. The summed E-state index contributed by atoms with van der Waals surface area (Å²) in [5.74, 6) is -3.37. The lowest BCUT2D eigenvalue weighted by Crippen LogP contribution is -2.63. The van der Waals surface area contributed by atoms with Gasteiger partial charge >= 0.3 is 30.0 Å². The maximum atomic E-state index is 14.1. The number of ether oxygens (including phenoxy) is 4. The van der Waals surface area contributed by atoms with E-state index in [1.165, 1.54) is 4.90 Å². The summed E-state index contributed by atoms with van der Waals surface area (Å²) in [5.41, 5.74) is -0.926. The lowest BCUT2D eigenvalue weighted by atomic mass is 9.94. The molecule has 3 rings (SSSR count). The van der Waals surface area contributed by atoms with E-state index >= 15 is 0 Å². The molecule has 0 heterocycles. The number of hydrogen-bond donors (Lipinski definition) is 4. The summed E-state index contributed by atoms with van der Waals surface area (Å²) in [7, 11) is 0. The van der Waals surface area contributed by atoms with Crippen LogP contribution < -0.4 is 5.32 Å². The number of nitrogens with one attached hydrogen (secondary N) is 1. The van der Waals surface area contributed by atoms with Crippen LogP contribution in [0, 0.1) is 0 Å². The van der Waals surface area contributed by atoms with Gasteiger partial charge in [0.25, 0.3) is 0 Å². The lowest BCUT2D eigenvalue weighted by molar-refractivity contribution is -0.139. The van der Waals surface area contributed by atoms with E-state index < -0.39 is 35.6 Å². The van der Waals surface area contributed by atoms with Crippen LogP contribution in [0.25, 0.3) is 21.5 Å². The Morgan fingerprint density at radius 3 is 1.57 bits per heavy atom. The first-order chi connectivity index (χ1) is 22.6. The van der Waals surface area contributed by atoms with Crippen LogP contribution in [-0.4, -0.2) is 102 Å². The second-order valence-corrected chi connectivity index (χ2v) is 10.8. The molecular weight excluding hydrogens is 616 g/mol. The fourth-order valence-corrected chi connectivity index (χ4v) is 4.90. The van der Waals surface area contributed by atoms with Gasteiger partial charge < -0.3 is 39.2 Å². The highest BCUT2D eigenvalue weighted by atomic mass is 16.6. The predicted molar refractivity (Wildman–Crippen MR) is 169 cm³/mol. The lowest BCUT2D eigenvalue weighted by Gasteiger charge is -2.43. The van der Waals surface area contributed by atoms with E-state index in [-0.39, 0.29) is 72.1 Å². The van der Waals surface area contributed by atoms with Gasteiger partial charge in [-0.15, -0.1) is 0 Å². The van der Waals surface area contributed by atoms with Crippen LogP contribution in [0.4, 0.5) is 9.59 Å². The minimum absolute atomic E-state index is 0.0487. The van der Waals surface area contributed by atoms with Crippen molar-refractivity contribution in [3.63, 3.8) is 0 Å². The number of carboxylic acid groups (broad SMARTS) is 3. The fourth-order valence-electron chi connectivity index (χ4n) is 4.90. The summed E-state index contributed by atoms with van der Waals surface area (Å²) in [6, 6.07) is 16.2. The molecule has 0 spiro atoms. The van der Waals surface area contributed by atoms with E-state index in [2.05, 4.69) is 5.32 Å². The van der Waals surface area contributed by atoms with Crippen molar-refractivity contribution in [1.82, 2.24) is 10.2 Å². The Kier molecular flexibility index (Phi) is 14.3. The normalized spacial score (nSPS) is 11.3. The first-order valence-corrected chi connectivity index (χ1v) is 15.1. The van der Waals surface area contributed by atoms with E-state index in [1.807, 2.05) is 54.6 Å². The summed E-state index contributed by atoms with van der Waals surface area (Å²) in [6.07, 6.45) is -1.59. The molecule has 0 fully saturated rings. The van der Waals surface area contributed by atoms with Gasteiger partial charge in [0.15, 0.2) is 0 Å². The zero-order chi connectivity index (χ0) is 34.2. The SMILES string of the molecule is CCCOC(=O)NC(=O)N(Cc1c2ccccc2cc2ccccc12)C(COCCC(=O)O)(COCCC(=O)O)COCCC(=O)O. The first kappa shape index (κ1) is 36.7. The molecule has 0 bridgehead atoms. The maximum absolute atomic E-state index is 14.1. The van der Waals surface area contributed by atoms with Crippen LogP contribution in [-0.2, 0) is 39.9 Å². The van der Waals surface area contributed by atoms with Crippen LogP contribution >= 0.6 is 0 Å². The number of rotatable bonds is 20. The van der Waals surface area contributed by atoms with Gasteiger partial charge in [-0.3, -0.25) is 14.4 Å². The molecule has 47 heavy (non-hydrogen) atoms. The third-order valence-electron chi connectivity index (χ3n) is 7.16. The molecule has 0 aromatic heterocycles. The second kappa shape index (κ2) is 18.4. The number of nitrogens with zero attached hydrogens (tertiary/aromatic N) is 1. The topological polar surface area (TPSA) is 198 Å². The molecular formula is C33H40N2O12. The van der Waals surface area contributed by atoms with Crippen molar-refractivity contribution in [2.24, 2.45) is 0 Å². The van der Waals surface area contributed by atoms with E-state index in [9.17, 15) is 39.3 Å². The number of carboxylic acids is 3. The number of fused-ring (bicyclic) bond motifs is 2. The number of benzene rings is 3. The van der Waals surface area contributed by atoms with Gasteiger partial charge in [-0.2, -0.15) is 0 Å². The third kappa shape index (κ3) is 11.2. The molecule has 3 amide bonds. The Morgan fingerprint density at radius 2 is 1.15 bits per heavy atom. The molecule has 254 valence electrons. The molecule has 4 N–H and O–H groups in total. The van der Waals surface area contributed by atoms with Crippen LogP contribution in [0.15, 0.2) is 54.6 Å². The molecule has 0 aliphatic heterocycles. The van der Waals surface area contributed by atoms with E-state index in [0.29, 0.717) is 12.0 Å². The number of amides is 3. The molecule has 3 aromatic rings. The average Bonchev–Trinajstić information content (AvgIpc) is 3.03. The van der Waals surface area contributed by atoms with Gasteiger partial charge in [0.1, 0.15) is 5.54 Å². The highest BCUT2D eigenvalue weighted by Crippen LogP contribution is 2.32. The van der Waals surface area contributed by atoms with Gasteiger partial charge in [0.05, 0.1) is 65.5 Å². The van der Waals surface area contributed by atoms with Crippen LogP contribution in [0.2, 0.25) is 0 Å². The Hall–Kier alpha value is -4.79. The number of carbonyl (C=O) groups excluding carboxylic acids is 2. The number of hydrogen-bond acceptors (Lipinski definition) is 9. The predicted octanol–water partition coefficient (Wildman–Crippen LogP) is 4.26. The Morgan fingerprint density at radius 1 is 0.702 bits per heavy atom. The number of carbonyl (C=O) groups is 5. The molecule has 0 saturated carbocycles. The van der Waals surface area contributed by atoms with Gasteiger partial charge in [-0.1, -0.05) is 55.5 Å². The van der Waals surface area contributed by atoms with Gasteiger partial charge in [-0.05, 0) is 39.6 Å². The number of imide groups is 1. The smallest absolute Gasteiger partial charge is 0.415 e. The van der Waals surface area contributed by atoms with Gasteiger partial charge in [-0.25, -0.2) is 14.9 Å². The fraction of sp³-hybridized carbons (Fsp3) is 0.424. The summed E-state index contributed by atoms with van der Waals surface area (Å²) in [4.78, 5) is 61.8. The highest BCUT2D eigenvalue weighted by Gasteiger charge is 2.43. The second-order valence-electron chi connectivity index (χ2n) is 10.8. The molecule has 0 aliphatic carbocycles. The molecule has 0 saturated heterocycles. The third-order valence-corrected chi connectivity index (χ3v) is 7.16. The number of urea groups is 1. The monoisotopic (exact) mass is 656 g/mol. The molecule has 14 nitrogen and oxygen atoms in total. The quantitative estimate of drug-likeness (QED) is 0.0997. The molecule has 0 atom stereocenters. The van der Waals surface area contributed by atoms with E-state index in [0.717, 1.165) is 21.5 Å². The Labute approximate surface area is 271 Å². The number of alkyl carbamates (subject to hydrolysis) is 1. The van der Waals surface area contributed by atoms with Crippen molar-refractivity contribution in [3.05, 3.63) is 60.2 Å². The van der Waals surface area contributed by atoms with Gasteiger partial charge in [0.2, 0.25) is 0 Å². The summed E-state index contributed by atoms with van der Waals surface area (Å²) < 4.78 is 22.4. The highest BCUT2D eigenvalue weighted by molar-refractivity contribution is 6.02. The van der Waals surface area contributed by atoms with Crippen LogP contribution in [0.3, 0.4) is 0 Å². The first-order valence-electron chi connectivity index (χ1n) is 15.1. The van der Waals surface area contributed by atoms with Crippen molar-refractivity contribution >= 4 is 51.6 Å². The maximum Gasteiger partial charge on any atom is 0.415 e. The Bertz CT molecular complexity index is 1430.